The molecule has 0 fully saturated rings. The third-order valence-corrected chi connectivity index (χ3v) is 2.32. The molecule has 1 aromatic carbocycles. The molecule has 0 spiro atoms. The van der Waals surface area contributed by atoms with E-state index in [9.17, 15) is 19.7 Å². The molecule has 0 radical (unpaired) electrons. The zero-order valence-electron chi connectivity index (χ0n) is 12.3. The first kappa shape index (κ1) is 16.6. The van der Waals surface area contributed by atoms with Gasteiger partial charge in [-0.3, -0.25) is 14.9 Å². The highest BCUT2D eigenvalue weighted by molar-refractivity contribution is 5.81. The standard InChI is InChI=1S/C14H17NO6/c1-9(16)20-12(13(17)21-14(2,3)4)10-7-5-6-8-11(10)15(18)19/h5-8,12H,1-4H3. The first-order valence-corrected chi connectivity index (χ1v) is 6.25. The van der Waals surface area contributed by atoms with Gasteiger partial charge < -0.3 is 9.47 Å². The normalized spacial score (nSPS) is 12.4. The molecule has 0 bridgehead atoms. The van der Waals surface area contributed by atoms with Crippen molar-refractivity contribution < 1.29 is 24.0 Å². The van der Waals surface area contributed by atoms with Gasteiger partial charge in [0, 0.05) is 13.0 Å². The van der Waals surface area contributed by atoms with E-state index in [-0.39, 0.29) is 11.3 Å². The number of rotatable bonds is 4. The molecule has 0 aliphatic heterocycles. The zero-order valence-corrected chi connectivity index (χ0v) is 12.3. The highest BCUT2D eigenvalue weighted by atomic mass is 16.6. The predicted molar refractivity (Wildman–Crippen MR) is 73.4 cm³/mol. The van der Waals surface area contributed by atoms with E-state index < -0.39 is 28.6 Å². The van der Waals surface area contributed by atoms with Gasteiger partial charge in [0.25, 0.3) is 5.69 Å². The van der Waals surface area contributed by atoms with Crippen molar-refractivity contribution in [3.8, 4) is 0 Å². The van der Waals surface area contributed by atoms with Gasteiger partial charge in [0.1, 0.15) is 5.60 Å². The SMILES string of the molecule is CC(=O)OC(C(=O)OC(C)(C)C)c1ccccc1[N+](=O)[O-]. The molecule has 21 heavy (non-hydrogen) atoms. The Morgan fingerprint density at radius 3 is 2.29 bits per heavy atom. The third kappa shape index (κ3) is 4.87. The Labute approximate surface area is 122 Å². The predicted octanol–water partition coefficient (Wildman–Crippen LogP) is 2.54. The van der Waals surface area contributed by atoms with Crippen LogP contribution in [0.25, 0.3) is 0 Å². The average molecular weight is 295 g/mol. The molecular formula is C14H17NO6. The fourth-order valence-corrected chi connectivity index (χ4v) is 1.64. The minimum Gasteiger partial charge on any atom is -0.457 e. The maximum Gasteiger partial charge on any atom is 0.353 e. The number of esters is 2. The van der Waals surface area contributed by atoms with Crippen LogP contribution in [0, 0.1) is 10.1 Å². The van der Waals surface area contributed by atoms with E-state index in [1.54, 1.807) is 20.8 Å². The summed E-state index contributed by atoms with van der Waals surface area (Å²) in [6.45, 7) is 6.06. The molecule has 0 heterocycles. The third-order valence-electron chi connectivity index (χ3n) is 2.32. The second kappa shape index (κ2) is 6.34. The first-order chi connectivity index (χ1) is 9.61. The number of nitro groups is 1. The molecule has 1 rings (SSSR count). The van der Waals surface area contributed by atoms with Gasteiger partial charge in [0.15, 0.2) is 0 Å². The summed E-state index contributed by atoms with van der Waals surface area (Å²) < 4.78 is 10.1. The largest absolute Gasteiger partial charge is 0.457 e. The number of carbonyl (C=O) groups is 2. The first-order valence-electron chi connectivity index (χ1n) is 6.25. The van der Waals surface area contributed by atoms with Crippen molar-refractivity contribution in [2.24, 2.45) is 0 Å². The maximum atomic E-state index is 12.1. The average Bonchev–Trinajstić information content (AvgIpc) is 2.33. The Morgan fingerprint density at radius 1 is 1.24 bits per heavy atom. The van der Waals surface area contributed by atoms with Crippen molar-refractivity contribution in [2.75, 3.05) is 0 Å². The molecule has 0 aliphatic carbocycles. The smallest absolute Gasteiger partial charge is 0.353 e. The molecule has 114 valence electrons. The van der Waals surface area contributed by atoms with Crippen molar-refractivity contribution in [2.45, 2.75) is 39.4 Å². The molecule has 1 unspecified atom stereocenters. The van der Waals surface area contributed by atoms with Gasteiger partial charge in [-0.2, -0.15) is 0 Å². The van der Waals surface area contributed by atoms with E-state index in [4.69, 9.17) is 9.47 Å². The Hall–Kier alpha value is -2.44. The quantitative estimate of drug-likeness (QED) is 0.481. The topological polar surface area (TPSA) is 95.7 Å². The summed E-state index contributed by atoms with van der Waals surface area (Å²) in [5.74, 6) is -1.59. The number of nitrogens with zero attached hydrogens (tertiary/aromatic N) is 1. The summed E-state index contributed by atoms with van der Waals surface area (Å²) >= 11 is 0. The summed E-state index contributed by atoms with van der Waals surface area (Å²) in [7, 11) is 0. The van der Waals surface area contributed by atoms with Crippen LogP contribution >= 0.6 is 0 Å². The minimum atomic E-state index is -1.47. The maximum absolute atomic E-state index is 12.1. The second-order valence-corrected chi connectivity index (χ2v) is 5.34. The number of ether oxygens (including phenoxy) is 2. The number of hydrogen-bond acceptors (Lipinski definition) is 6. The molecule has 7 heteroatoms. The summed E-state index contributed by atoms with van der Waals surface area (Å²) in [6, 6.07) is 5.57. The summed E-state index contributed by atoms with van der Waals surface area (Å²) in [6.07, 6.45) is -1.47. The van der Waals surface area contributed by atoms with Crippen molar-refractivity contribution in [3.05, 3.63) is 39.9 Å². The fourth-order valence-electron chi connectivity index (χ4n) is 1.64. The van der Waals surface area contributed by atoms with Crippen molar-refractivity contribution in [1.82, 2.24) is 0 Å². The van der Waals surface area contributed by atoms with Gasteiger partial charge in [-0.05, 0) is 26.8 Å². The Bertz CT molecular complexity index is 561. The van der Waals surface area contributed by atoms with Crippen molar-refractivity contribution >= 4 is 17.6 Å². The van der Waals surface area contributed by atoms with E-state index in [0.29, 0.717) is 0 Å². The molecule has 0 saturated carbocycles. The van der Waals surface area contributed by atoms with Gasteiger partial charge in [-0.15, -0.1) is 0 Å². The Morgan fingerprint density at radius 2 is 1.81 bits per heavy atom. The minimum absolute atomic E-state index is 0.0213. The molecule has 0 aliphatic rings. The van der Waals surface area contributed by atoms with Gasteiger partial charge in [0.2, 0.25) is 6.10 Å². The molecule has 0 aromatic heterocycles. The van der Waals surface area contributed by atoms with Crippen molar-refractivity contribution in [3.63, 3.8) is 0 Å². The second-order valence-electron chi connectivity index (χ2n) is 5.34. The lowest BCUT2D eigenvalue weighted by atomic mass is 10.1. The van der Waals surface area contributed by atoms with Crippen LogP contribution in [0.5, 0.6) is 0 Å². The van der Waals surface area contributed by atoms with Crippen LogP contribution in [-0.4, -0.2) is 22.5 Å². The van der Waals surface area contributed by atoms with Crippen LogP contribution in [-0.2, 0) is 19.1 Å². The molecule has 7 nitrogen and oxygen atoms in total. The van der Waals surface area contributed by atoms with Crippen LogP contribution < -0.4 is 0 Å². The van der Waals surface area contributed by atoms with Crippen LogP contribution in [0.15, 0.2) is 24.3 Å². The number of hydrogen-bond donors (Lipinski definition) is 0. The molecule has 1 aromatic rings. The van der Waals surface area contributed by atoms with Crippen LogP contribution in [0.2, 0.25) is 0 Å². The number of benzene rings is 1. The summed E-state index contributed by atoms with van der Waals surface area (Å²) in [5, 5.41) is 11.0. The highest BCUT2D eigenvalue weighted by Crippen LogP contribution is 2.29. The lowest BCUT2D eigenvalue weighted by molar-refractivity contribution is -0.386. The van der Waals surface area contributed by atoms with E-state index in [1.165, 1.54) is 24.3 Å². The lowest BCUT2D eigenvalue weighted by Gasteiger charge is -2.23. The van der Waals surface area contributed by atoms with E-state index >= 15 is 0 Å². The Kier molecular flexibility index (Phi) is 5.02. The number of carbonyl (C=O) groups excluding carboxylic acids is 2. The van der Waals surface area contributed by atoms with Crippen LogP contribution in [0.4, 0.5) is 5.69 Å². The molecular weight excluding hydrogens is 278 g/mol. The molecule has 0 amide bonds. The van der Waals surface area contributed by atoms with Crippen LogP contribution in [0.1, 0.15) is 39.4 Å². The highest BCUT2D eigenvalue weighted by Gasteiger charge is 2.34. The molecule has 1 atom stereocenters. The number of para-hydroxylation sites is 1. The van der Waals surface area contributed by atoms with E-state index in [2.05, 4.69) is 0 Å². The summed E-state index contributed by atoms with van der Waals surface area (Å²) in [5.41, 5.74) is -1.14. The van der Waals surface area contributed by atoms with Gasteiger partial charge in [-0.25, -0.2) is 4.79 Å². The van der Waals surface area contributed by atoms with E-state index in [1.807, 2.05) is 0 Å². The van der Waals surface area contributed by atoms with Gasteiger partial charge >= 0.3 is 11.9 Å². The lowest BCUT2D eigenvalue weighted by Crippen LogP contribution is -2.30. The number of nitro benzene ring substituents is 1. The monoisotopic (exact) mass is 295 g/mol. The van der Waals surface area contributed by atoms with Gasteiger partial charge in [-0.1, -0.05) is 12.1 Å². The summed E-state index contributed by atoms with van der Waals surface area (Å²) in [4.78, 5) is 33.7. The fraction of sp³-hybridized carbons (Fsp3) is 0.429. The molecule has 0 N–H and O–H groups in total. The zero-order chi connectivity index (χ0) is 16.2. The molecule has 0 saturated heterocycles. The Balaban J connectivity index is 3.23. The van der Waals surface area contributed by atoms with Crippen molar-refractivity contribution in [1.29, 1.82) is 0 Å². The van der Waals surface area contributed by atoms with Crippen LogP contribution in [0.3, 0.4) is 0 Å². The van der Waals surface area contributed by atoms with E-state index in [0.717, 1.165) is 6.92 Å². The van der Waals surface area contributed by atoms with Gasteiger partial charge in [0.05, 0.1) is 10.5 Å².